The zero-order valence-electron chi connectivity index (χ0n) is 34.9. The molecule has 1 aromatic heterocycles. The van der Waals surface area contributed by atoms with Gasteiger partial charge in [-0.05, 0) is 97.1 Å². The molecule has 4 amide bonds. The first-order valence-corrected chi connectivity index (χ1v) is 22.1. The molecule has 2 aliphatic heterocycles. The summed E-state index contributed by atoms with van der Waals surface area (Å²) in [6, 6.07) is 1.58. The first kappa shape index (κ1) is 44.9. The van der Waals surface area contributed by atoms with Crippen molar-refractivity contribution in [3.8, 4) is 11.6 Å². The molecule has 4 aliphatic rings. The molecular formula is C41H55F3N6O9S. The molecule has 60 heavy (non-hydrogen) atoms. The lowest BCUT2D eigenvalue weighted by Gasteiger charge is -2.34. The number of carbonyl (C=O) groups is 4. The average molecular weight is 865 g/mol. The lowest BCUT2D eigenvalue weighted by molar-refractivity contribution is -0.143. The molecule has 0 bridgehead atoms. The van der Waals surface area contributed by atoms with Crippen molar-refractivity contribution in [2.75, 3.05) is 6.54 Å². The smallest absolute Gasteiger partial charge is 0.438 e. The van der Waals surface area contributed by atoms with Crippen molar-refractivity contribution in [3.63, 3.8) is 0 Å². The summed E-state index contributed by atoms with van der Waals surface area (Å²) in [7, 11) is -4.01. The summed E-state index contributed by atoms with van der Waals surface area (Å²) in [6.07, 6.45) is -1.04. The fraction of sp³-hybridized carbons (Fsp3) is 0.659. The highest BCUT2D eigenvalue weighted by Crippen LogP contribution is 2.46. The molecule has 1 aromatic carbocycles. The van der Waals surface area contributed by atoms with Gasteiger partial charge in [-0.15, -0.1) is 0 Å². The number of fused-ring (bicyclic) bond motifs is 3. The van der Waals surface area contributed by atoms with Gasteiger partial charge in [0.1, 0.15) is 35.1 Å². The highest BCUT2D eigenvalue weighted by Gasteiger charge is 2.62. The number of aromatic nitrogens is 2. The summed E-state index contributed by atoms with van der Waals surface area (Å²) in [4.78, 5) is 65.8. The molecule has 6 rings (SSSR count). The number of amides is 4. The maximum Gasteiger partial charge on any atom is 0.438 e. The number of carbonyl (C=O) groups excluding carboxylic acids is 4. The number of hydrogen-bond acceptors (Lipinski definition) is 11. The van der Waals surface area contributed by atoms with Crippen molar-refractivity contribution in [1.29, 1.82) is 0 Å². The zero-order valence-corrected chi connectivity index (χ0v) is 35.7. The molecule has 330 valence electrons. The fourth-order valence-corrected chi connectivity index (χ4v) is 9.30. The Morgan fingerprint density at radius 2 is 1.78 bits per heavy atom. The molecule has 19 heteroatoms. The SMILES string of the molecule is CC[C@@H]1C[C@H](C)CC/C=C\[C@@H]2C[C@@]2(C(=O)NS(=O)(=O)C2CC2)NC(=O)[C@@H]2C[C@@H](Oc3nc4cc(OC(C)C)ccc4nc3C(F)(F)F)CN2C(=O)[C@H]1NC(=O)OC(C)(C)C. The number of nitrogens with zero attached hydrogens (tertiary/aromatic N) is 3. The second-order valence-corrected chi connectivity index (χ2v) is 19.7. The van der Waals surface area contributed by atoms with Crippen LogP contribution in [0.1, 0.15) is 106 Å². The first-order chi connectivity index (χ1) is 28.0. The van der Waals surface area contributed by atoms with Crippen LogP contribution < -0.4 is 24.8 Å². The van der Waals surface area contributed by atoms with E-state index in [2.05, 4.69) is 25.3 Å². The van der Waals surface area contributed by atoms with Crippen LogP contribution in [0, 0.1) is 17.8 Å². The van der Waals surface area contributed by atoms with E-state index >= 15 is 0 Å². The number of alkyl carbamates (subject to hydrolysis) is 1. The van der Waals surface area contributed by atoms with E-state index in [1.807, 2.05) is 19.9 Å². The van der Waals surface area contributed by atoms with Crippen molar-refractivity contribution < 1.29 is 55.0 Å². The molecule has 3 fully saturated rings. The molecular weight excluding hydrogens is 810 g/mol. The van der Waals surface area contributed by atoms with Gasteiger partial charge in [-0.1, -0.05) is 32.4 Å². The highest BCUT2D eigenvalue weighted by molar-refractivity contribution is 7.91. The van der Waals surface area contributed by atoms with Gasteiger partial charge in [0.05, 0.1) is 28.9 Å². The second kappa shape index (κ2) is 17.0. The molecule has 2 aliphatic carbocycles. The highest BCUT2D eigenvalue weighted by atomic mass is 32.2. The fourth-order valence-electron chi connectivity index (χ4n) is 7.94. The largest absolute Gasteiger partial charge is 0.491 e. The van der Waals surface area contributed by atoms with Crippen LogP contribution in [-0.2, 0) is 35.3 Å². The third kappa shape index (κ3) is 10.4. The Morgan fingerprint density at radius 1 is 1.07 bits per heavy atom. The van der Waals surface area contributed by atoms with E-state index in [0.717, 1.165) is 4.90 Å². The summed E-state index contributed by atoms with van der Waals surface area (Å²) in [5, 5.41) is 4.76. The molecule has 7 atom stereocenters. The van der Waals surface area contributed by atoms with Gasteiger partial charge in [0, 0.05) is 18.4 Å². The van der Waals surface area contributed by atoms with Crippen LogP contribution >= 0.6 is 0 Å². The minimum absolute atomic E-state index is 0.0420. The van der Waals surface area contributed by atoms with E-state index < -0.39 is 105 Å². The maximum atomic E-state index is 14.9. The molecule has 1 saturated heterocycles. The van der Waals surface area contributed by atoms with Crippen LogP contribution in [0.2, 0.25) is 0 Å². The summed E-state index contributed by atoms with van der Waals surface area (Å²) >= 11 is 0. The predicted octanol–water partition coefficient (Wildman–Crippen LogP) is 5.56. The molecule has 2 saturated carbocycles. The minimum atomic E-state index is -5.01. The standard InChI is InChI=1S/C41H55F3N6O9S/c1-8-24-17-23(4)11-9-10-12-25-20-40(25,37(53)49-60(55,56)28-14-15-28)48-34(51)31-19-27(21-50(31)36(52)32(24)47-38(54)59-39(5,6)7)58-35-33(41(42,43)44)45-29-16-13-26(57-22(2)3)18-30(29)46-35/h10,12-13,16,18,22-25,27-28,31-32H,8-9,11,14-15,17,19-21H2,1-7H3,(H,47,54)(H,48,51)(H,49,53)/b12-10-/t23-,24-,25-,27-,31+,32+,40-/m1/s1. The van der Waals surface area contributed by atoms with E-state index in [0.29, 0.717) is 44.3 Å². The molecule has 0 unspecified atom stereocenters. The molecule has 15 nitrogen and oxygen atoms in total. The first-order valence-electron chi connectivity index (χ1n) is 20.6. The Labute approximate surface area is 348 Å². The Hall–Kier alpha value is -4.68. The molecule has 0 radical (unpaired) electrons. The van der Waals surface area contributed by atoms with Crippen LogP contribution in [0.25, 0.3) is 11.0 Å². The third-order valence-corrected chi connectivity index (χ3v) is 13.0. The van der Waals surface area contributed by atoms with Crippen LogP contribution in [0.4, 0.5) is 18.0 Å². The normalized spacial score (nSPS) is 28.4. The molecule has 0 spiro atoms. The number of sulfonamides is 1. The van der Waals surface area contributed by atoms with Crippen LogP contribution in [0.3, 0.4) is 0 Å². The quantitative estimate of drug-likeness (QED) is 0.267. The Bertz CT molecular complexity index is 2120. The van der Waals surface area contributed by atoms with Gasteiger partial charge < -0.3 is 29.7 Å². The Kier molecular flexibility index (Phi) is 12.7. The van der Waals surface area contributed by atoms with Gasteiger partial charge in [-0.3, -0.25) is 19.1 Å². The topological polar surface area (TPSA) is 195 Å². The van der Waals surface area contributed by atoms with E-state index in [1.54, 1.807) is 40.7 Å². The van der Waals surface area contributed by atoms with Crippen LogP contribution in [0.5, 0.6) is 11.6 Å². The number of hydrogen-bond donors (Lipinski definition) is 3. The monoisotopic (exact) mass is 864 g/mol. The van der Waals surface area contributed by atoms with Crippen LogP contribution in [-0.4, -0.2) is 94.3 Å². The van der Waals surface area contributed by atoms with E-state index in [9.17, 15) is 40.8 Å². The van der Waals surface area contributed by atoms with Gasteiger partial charge in [0.25, 0.3) is 5.91 Å². The lowest BCUT2D eigenvalue weighted by atomic mass is 9.85. The second-order valence-electron chi connectivity index (χ2n) is 17.8. The van der Waals surface area contributed by atoms with Crippen molar-refractivity contribution >= 4 is 44.9 Å². The number of rotatable bonds is 9. The summed E-state index contributed by atoms with van der Waals surface area (Å²) < 4.78 is 88.9. The molecule has 3 N–H and O–H groups in total. The van der Waals surface area contributed by atoms with E-state index in [-0.39, 0.29) is 35.9 Å². The van der Waals surface area contributed by atoms with Crippen molar-refractivity contribution in [1.82, 2.24) is 30.2 Å². The summed E-state index contributed by atoms with van der Waals surface area (Å²) in [5.74, 6) is -4.02. The number of benzene rings is 1. The van der Waals surface area contributed by atoms with E-state index in [1.165, 1.54) is 18.2 Å². The van der Waals surface area contributed by atoms with Crippen molar-refractivity contribution in [2.45, 2.75) is 147 Å². The van der Waals surface area contributed by atoms with Gasteiger partial charge >= 0.3 is 12.3 Å². The minimum Gasteiger partial charge on any atom is -0.491 e. The Balaban J connectivity index is 1.39. The van der Waals surface area contributed by atoms with Gasteiger partial charge in [0.2, 0.25) is 33.4 Å². The number of allylic oxidation sites excluding steroid dienone is 1. The van der Waals surface area contributed by atoms with Gasteiger partial charge in [0.15, 0.2) is 0 Å². The number of nitrogens with one attached hydrogen (secondary N) is 3. The number of ether oxygens (including phenoxy) is 3. The molecule has 2 aromatic rings. The van der Waals surface area contributed by atoms with Crippen molar-refractivity contribution in [3.05, 3.63) is 36.0 Å². The number of alkyl halides is 3. The van der Waals surface area contributed by atoms with Crippen molar-refractivity contribution in [2.24, 2.45) is 17.8 Å². The lowest BCUT2D eigenvalue weighted by Crippen LogP contribution is -2.59. The summed E-state index contributed by atoms with van der Waals surface area (Å²) in [6.45, 7) is 12.0. The predicted molar refractivity (Wildman–Crippen MR) is 213 cm³/mol. The van der Waals surface area contributed by atoms with Gasteiger partial charge in [-0.2, -0.15) is 13.2 Å². The average Bonchev–Trinajstić information content (AvgIpc) is 4.06. The van der Waals surface area contributed by atoms with E-state index in [4.69, 9.17) is 14.2 Å². The van der Waals surface area contributed by atoms with Crippen LogP contribution in [0.15, 0.2) is 30.4 Å². The third-order valence-electron chi connectivity index (χ3n) is 11.2. The maximum absolute atomic E-state index is 14.9. The Morgan fingerprint density at radius 3 is 2.42 bits per heavy atom. The van der Waals surface area contributed by atoms with Gasteiger partial charge in [-0.25, -0.2) is 23.2 Å². The molecule has 3 heterocycles. The zero-order chi connectivity index (χ0) is 43.9. The number of halogens is 3. The summed E-state index contributed by atoms with van der Waals surface area (Å²) in [5.41, 5.74) is -4.06.